The van der Waals surface area contributed by atoms with E-state index in [1.54, 1.807) is 18.3 Å². The van der Waals surface area contributed by atoms with Crippen molar-refractivity contribution in [3.8, 4) is 0 Å². The van der Waals surface area contributed by atoms with Crippen LogP contribution in [0.5, 0.6) is 0 Å². The minimum absolute atomic E-state index is 0.0289. The van der Waals surface area contributed by atoms with Crippen molar-refractivity contribution < 1.29 is 9.59 Å². The Hall–Kier alpha value is -1.95. The summed E-state index contributed by atoms with van der Waals surface area (Å²) in [6, 6.07) is 3.13. The average molecular weight is 277 g/mol. The molecule has 6 heteroatoms. The Morgan fingerprint density at radius 1 is 1.37 bits per heavy atom. The Morgan fingerprint density at radius 2 is 2.05 bits per heavy atom. The number of carbonyl (C=O) groups excluding carboxylic acids is 2. The molecule has 2 aromatic heterocycles. The molecule has 0 spiro atoms. The fourth-order valence-electron chi connectivity index (χ4n) is 1.64. The minimum Gasteiger partial charge on any atom is -0.344 e. The zero-order valence-electron chi connectivity index (χ0n) is 11.0. The van der Waals surface area contributed by atoms with Crippen molar-refractivity contribution in [3.63, 3.8) is 0 Å². The average Bonchev–Trinajstić information content (AvgIpc) is 2.96. The summed E-state index contributed by atoms with van der Waals surface area (Å²) in [5.74, 6) is 0.493. The smallest absolute Gasteiger partial charge is 0.261 e. The van der Waals surface area contributed by atoms with E-state index in [1.807, 2.05) is 13.8 Å². The lowest BCUT2D eigenvalue weighted by Gasteiger charge is -2.10. The lowest BCUT2D eigenvalue weighted by atomic mass is 10.3. The van der Waals surface area contributed by atoms with E-state index >= 15 is 0 Å². The van der Waals surface area contributed by atoms with Gasteiger partial charge in [-0.1, -0.05) is 0 Å². The lowest BCUT2D eigenvalue weighted by molar-refractivity contribution is 0.0942. The second-order valence-electron chi connectivity index (χ2n) is 4.37. The number of imidazole rings is 1. The number of aryl methyl sites for hydroxylation is 1. The van der Waals surface area contributed by atoms with Crippen LogP contribution in [0.25, 0.3) is 0 Å². The van der Waals surface area contributed by atoms with Crippen LogP contribution in [0.2, 0.25) is 0 Å². The highest BCUT2D eigenvalue weighted by Gasteiger charge is 2.16. The molecule has 0 aliphatic rings. The Bertz CT molecular complexity index is 615. The third-order valence-electron chi connectivity index (χ3n) is 2.66. The number of hydrogen-bond acceptors (Lipinski definition) is 4. The number of aromatic nitrogens is 2. The molecule has 0 saturated carbocycles. The first-order chi connectivity index (χ1) is 8.97. The largest absolute Gasteiger partial charge is 0.344 e. The normalized spacial score (nSPS) is 12.2. The molecule has 2 rings (SSSR count). The first-order valence-electron chi connectivity index (χ1n) is 5.90. The number of aromatic amines is 1. The third kappa shape index (κ3) is 3.08. The molecular weight excluding hydrogens is 262 g/mol. The molecule has 5 nitrogen and oxygen atoms in total. The molecule has 1 unspecified atom stereocenters. The second-order valence-corrected chi connectivity index (χ2v) is 5.45. The van der Waals surface area contributed by atoms with Gasteiger partial charge in [-0.3, -0.25) is 9.59 Å². The van der Waals surface area contributed by atoms with Gasteiger partial charge >= 0.3 is 0 Å². The van der Waals surface area contributed by atoms with E-state index in [9.17, 15) is 9.59 Å². The van der Waals surface area contributed by atoms with Crippen molar-refractivity contribution in [2.24, 2.45) is 0 Å². The number of thiophene rings is 1. The van der Waals surface area contributed by atoms with Crippen LogP contribution in [0.1, 0.15) is 50.8 Å². The number of Topliss-reactive ketones (excluding diaryl/α,β-unsaturated/α-hetero) is 1. The highest BCUT2D eigenvalue weighted by molar-refractivity contribution is 7.15. The molecule has 0 fully saturated rings. The van der Waals surface area contributed by atoms with Gasteiger partial charge in [0.05, 0.1) is 15.8 Å². The highest BCUT2D eigenvalue weighted by atomic mass is 32.1. The van der Waals surface area contributed by atoms with Crippen molar-refractivity contribution in [1.82, 2.24) is 15.3 Å². The Labute approximate surface area is 115 Å². The van der Waals surface area contributed by atoms with Gasteiger partial charge in [-0.2, -0.15) is 0 Å². The molecule has 2 N–H and O–H groups in total. The molecular formula is C13H15N3O2S. The van der Waals surface area contributed by atoms with E-state index < -0.39 is 0 Å². The van der Waals surface area contributed by atoms with Gasteiger partial charge in [-0.25, -0.2) is 4.98 Å². The van der Waals surface area contributed by atoms with Crippen LogP contribution < -0.4 is 5.32 Å². The van der Waals surface area contributed by atoms with Crippen LogP contribution in [0.3, 0.4) is 0 Å². The van der Waals surface area contributed by atoms with Crippen molar-refractivity contribution in [2.75, 3.05) is 0 Å². The predicted molar refractivity (Wildman–Crippen MR) is 73.5 cm³/mol. The molecule has 1 atom stereocenters. The summed E-state index contributed by atoms with van der Waals surface area (Å²) in [7, 11) is 0. The van der Waals surface area contributed by atoms with Gasteiger partial charge in [-0.15, -0.1) is 11.3 Å². The van der Waals surface area contributed by atoms with Crippen LogP contribution in [0.15, 0.2) is 18.3 Å². The number of nitrogens with zero attached hydrogens (tertiary/aromatic N) is 1. The van der Waals surface area contributed by atoms with Crippen molar-refractivity contribution in [1.29, 1.82) is 0 Å². The zero-order valence-corrected chi connectivity index (χ0v) is 11.8. The van der Waals surface area contributed by atoms with Crippen molar-refractivity contribution in [2.45, 2.75) is 26.8 Å². The van der Waals surface area contributed by atoms with E-state index in [-0.39, 0.29) is 17.7 Å². The lowest BCUT2D eigenvalue weighted by Crippen LogP contribution is -2.26. The summed E-state index contributed by atoms with van der Waals surface area (Å²) in [4.78, 5) is 31.6. The van der Waals surface area contributed by atoms with Gasteiger partial charge in [0.1, 0.15) is 5.82 Å². The molecule has 0 saturated heterocycles. The van der Waals surface area contributed by atoms with Crippen LogP contribution >= 0.6 is 11.3 Å². The summed E-state index contributed by atoms with van der Waals surface area (Å²) >= 11 is 1.20. The van der Waals surface area contributed by atoms with Gasteiger partial charge in [0.15, 0.2) is 5.78 Å². The first-order valence-corrected chi connectivity index (χ1v) is 6.72. The van der Waals surface area contributed by atoms with Crippen molar-refractivity contribution in [3.05, 3.63) is 39.6 Å². The van der Waals surface area contributed by atoms with Gasteiger partial charge in [0.25, 0.3) is 5.91 Å². The van der Waals surface area contributed by atoms with E-state index in [2.05, 4.69) is 15.3 Å². The molecule has 100 valence electrons. The predicted octanol–water partition coefficient (Wildman–Crippen LogP) is 2.47. The Kier molecular flexibility index (Phi) is 3.80. The quantitative estimate of drug-likeness (QED) is 0.843. The first kappa shape index (κ1) is 13.5. The fourth-order valence-corrected chi connectivity index (χ4v) is 2.44. The molecule has 1 amide bonds. The van der Waals surface area contributed by atoms with Gasteiger partial charge in [0, 0.05) is 11.9 Å². The number of nitrogens with one attached hydrogen (secondary N) is 2. The fraction of sp³-hybridized carbons (Fsp3) is 0.308. The number of amides is 1. The number of H-pyrrole nitrogens is 1. The van der Waals surface area contributed by atoms with Crippen LogP contribution in [0.4, 0.5) is 0 Å². The van der Waals surface area contributed by atoms with Crippen LogP contribution in [0, 0.1) is 6.92 Å². The number of carbonyl (C=O) groups is 2. The molecule has 0 radical (unpaired) electrons. The van der Waals surface area contributed by atoms with E-state index in [0.29, 0.717) is 15.6 Å². The summed E-state index contributed by atoms with van der Waals surface area (Å²) < 4.78 is 0. The van der Waals surface area contributed by atoms with Gasteiger partial charge in [0.2, 0.25) is 0 Å². The van der Waals surface area contributed by atoms with E-state index in [0.717, 1.165) is 5.69 Å². The molecule has 2 aromatic rings. The topological polar surface area (TPSA) is 74.8 Å². The van der Waals surface area contributed by atoms with Gasteiger partial charge in [-0.05, 0) is 32.9 Å². The van der Waals surface area contributed by atoms with E-state index in [1.165, 1.54) is 18.3 Å². The summed E-state index contributed by atoms with van der Waals surface area (Å²) in [6.07, 6.45) is 1.72. The SMILES string of the molecule is CC(=O)c1ccc(C(=O)NC(C)c2ncc(C)[nH]2)s1. The third-order valence-corrected chi connectivity index (χ3v) is 3.84. The van der Waals surface area contributed by atoms with E-state index in [4.69, 9.17) is 0 Å². The van der Waals surface area contributed by atoms with Crippen LogP contribution in [-0.2, 0) is 0 Å². The Balaban J connectivity index is 2.06. The molecule has 2 heterocycles. The monoisotopic (exact) mass is 277 g/mol. The standard InChI is InChI=1S/C13H15N3O2S/c1-7-6-14-12(15-7)8(2)16-13(18)11-5-4-10(19-11)9(3)17/h4-6,8H,1-3H3,(H,14,15)(H,16,18). The molecule has 0 bridgehead atoms. The highest BCUT2D eigenvalue weighted by Crippen LogP contribution is 2.18. The summed E-state index contributed by atoms with van der Waals surface area (Å²) in [5, 5.41) is 2.84. The van der Waals surface area contributed by atoms with Crippen LogP contribution in [-0.4, -0.2) is 21.7 Å². The maximum absolute atomic E-state index is 12.0. The molecule has 0 aliphatic carbocycles. The summed E-state index contributed by atoms with van der Waals surface area (Å²) in [5.41, 5.74) is 0.950. The maximum atomic E-state index is 12.0. The Morgan fingerprint density at radius 3 is 2.58 bits per heavy atom. The minimum atomic E-state index is -0.205. The molecule has 0 aromatic carbocycles. The molecule has 0 aliphatic heterocycles. The number of hydrogen-bond donors (Lipinski definition) is 2. The van der Waals surface area contributed by atoms with Gasteiger partial charge < -0.3 is 10.3 Å². The second kappa shape index (κ2) is 5.36. The summed E-state index contributed by atoms with van der Waals surface area (Å²) in [6.45, 7) is 5.25. The number of ketones is 1. The number of rotatable bonds is 4. The maximum Gasteiger partial charge on any atom is 0.261 e. The zero-order chi connectivity index (χ0) is 14.0. The van der Waals surface area contributed by atoms with Crippen molar-refractivity contribution >= 4 is 23.0 Å². The molecule has 19 heavy (non-hydrogen) atoms.